The lowest BCUT2D eigenvalue weighted by molar-refractivity contribution is -0.115. The summed E-state index contributed by atoms with van der Waals surface area (Å²) in [6, 6.07) is 19.9. The van der Waals surface area contributed by atoms with Crippen molar-refractivity contribution >= 4 is 34.7 Å². The maximum absolute atomic E-state index is 14.2. The topological polar surface area (TPSA) is 88.4 Å². The molecule has 0 fully saturated rings. The third kappa shape index (κ3) is 4.32. The Morgan fingerprint density at radius 2 is 1.89 bits per heavy atom. The van der Waals surface area contributed by atoms with E-state index in [0.717, 1.165) is 11.1 Å². The first-order valence-electron chi connectivity index (χ1n) is 11.5. The minimum absolute atomic E-state index is 0.150. The number of rotatable bonds is 5. The molecule has 37 heavy (non-hydrogen) atoms. The Morgan fingerprint density at radius 1 is 1.05 bits per heavy atom. The van der Waals surface area contributed by atoms with Crippen LogP contribution >= 0.6 is 11.6 Å². The van der Waals surface area contributed by atoms with E-state index in [1.807, 2.05) is 42.5 Å². The molecular formula is C28H19ClFN5O2. The molecule has 5 aromatic rings. The standard InChI is InChI=1S/C28H19ClFN5O2/c29-22-8-7-19(30)13-20(22)27-26-21(28(37)34-27)11-18(17-6-9-24-31-15-32-35(24)14-17)12-23(26)33-25(36)10-16-4-2-1-3-5-16/h1-9,11-15,27H,10H2,(H,33,36)(H,34,37). The highest BCUT2D eigenvalue weighted by molar-refractivity contribution is 6.31. The minimum atomic E-state index is -0.732. The summed E-state index contributed by atoms with van der Waals surface area (Å²) in [5, 5.41) is 10.4. The maximum Gasteiger partial charge on any atom is 0.252 e. The van der Waals surface area contributed by atoms with Gasteiger partial charge in [0.2, 0.25) is 5.91 Å². The molecule has 1 aliphatic heterocycles. The predicted molar refractivity (Wildman–Crippen MR) is 138 cm³/mol. The minimum Gasteiger partial charge on any atom is -0.341 e. The van der Waals surface area contributed by atoms with E-state index in [0.29, 0.717) is 38.6 Å². The number of nitrogens with zero attached hydrogens (tertiary/aromatic N) is 3. The van der Waals surface area contributed by atoms with Crippen molar-refractivity contribution in [1.82, 2.24) is 19.9 Å². The second-order valence-corrected chi connectivity index (χ2v) is 9.16. The molecule has 9 heteroatoms. The average molecular weight is 512 g/mol. The number of carbonyl (C=O) groups excluding carboxylic acids is 2. The molecule has 1 atom stereocenters. The summed E-state index contributed by atoms with van der Waals surface area (Å²) in [4.78, 5) is 30.4. The van der Waals surface area contributed by atoms with E-state index < -0.39 is 11.9 Å². The van der Waals surface area contributed by atoms with Gasteiger partial charge in [0.1, 0.15) is 12.1 Å². The molecule has 182 valence electrons. The SMILES string of the molecule is O=C(Cc1ccccc1)Nc1cc(-c2ccc3ncnn3c2)cc2c1C(c1cc(F)ccc1Cl)NC2=O. The highest BCUT2D eigenvalue weighted by atomic mass is 35.5. The summed E-state index contributed by atoms with van der Waals surface area (Å²) in [6.07, 6.45) is 3.41. The fourth-order valence-electron chi connectivity index (χ4n) is 4.64. The molecule has 0 bridgehead atoms. The fourth-order valence-corrected chi connectivity index (χ4v) is 4.86. The van der Waals surface area contributed by atoms with Gasteiger partial charge in [0, 0.05) is 39.2 Å². The highest BCUT2D eigenvalue weighted by Gasteiger charge is 2.35. The number of aromatic nitrogens is 3. The molecule has 0 radical (unpaired) electrons. The van der Waals surface area contributed by atoms with E-state index in [-0.39, 0.29) is 18.2 Å². The van der Waals surface area contributed by atoms with Gasteiger partial charge in [-0.15, -0.1) is 0 Å². The molecule has 0 saturated heterocycles. The van der Waals surface area contributed by atoms with Gasteiger partial charge in [-0.3, -0.25) is 9.59 Å². The second kappa shape index (κ2) is 9.15. The van der Waals surface area contributed by atoms with Crippen molar-refractivity contribution in [3.63, 3.8) is 0 Å². The van der Waals surface area contributed by atoms with E-state index in [4.69, 9.17) is 11.6 Å². The molecule has 0 saturated carbocycles. The number of pyridine rings is 1. The van der Waals surface area contributed by atoms with Gasteiger partial charge in [-0.1, -0.05) is 41.9 Å². The molecule has 0 spiro atoms. The molecule has 1 aliphatic rings. The first-order valence-corrected chi connectivity index (χ1v) is 11.9. The Labute approximate surface area is 215 Å². The predicted octanol–water partition coefficient (Wildman–Crippen LogP) is 5.20. The van der Waals surface area contributed by atoms with Gasteiger partial charge in [-0.05, 0) is 53.6 Å². The Morgan fingerprint density at radius 3 is 2.73 bits per heavy atom. The summed E-state index contributed by atoms with van der Waals surface area (Å²) < 4.78 is 15.8. The van der Waals surface area contributed by atoms with Crippen LogP contribution in [-0.4, -0.2) is 26.4 Å². The van der Waals surface area contributed by atoms with Crippen molar-refractivity contribution in [3.8, 4) is 11.1 Å². The van der Waals surface area contributed by atoms with E-state index in [9.17, 15) is 14.0 Å². The summed E-state index contributed by atoms with van der Waals surface area (Å²) in [6.45, 7) is 0. The Hall–Kier alpha value is -4.56. The lowest BCUT2D eigenvalue weighted by Gasteiger charge is -2.19. The monoisotopic (exact) mass is 511 g/mol. The Balaban J connectivity index is 1.47. The van der Waals surface area contributed by atoms with E-state index in [1.54, 1.807) is 22.8 Å². The van der Waals surface area contributed by atoms with Crippen molar-refractivity contribution in [1.29, 1.82) is 0 Å². The van der Waals surface area contributed by atoms with Crippen molar-refractivity contribution < 1.29 is 14.0 Å². The van der Waals surface area contributed by atoms with E-state index in [2.05, 4.69) is 20.7 Å². The number of benzene rings is 3. The van der Waals surface area contributed by atoms with Crippen molar-refractivity contribution in [3.05, 3.63) is 118 Å². The normalized spacial score (nSPS) is 14.4. The zero-order chi connectivity index (χ0) is 25.5. The number of carbonyl (C=O) groups is 2. The maximum atomic E-state index is 14.2. The molecule has 7 nitrogen and oxygen atoms in total. The smallest absolute Gasteiger partial charge is 0.252 e. The molecule has 1 unspecified atom stereocenters. The van der Waals surface area contributed by atoms with Crippen LogP contribution in [0, 0.1) is 5.82 Å². The molecule has 0 aliphatic carbocycles. The molecular weight excluding hydrogens is 493 g/mol. The number of hydrogen-bond acceptors (Lipinski definition) is 4. The van der Waals surface area contributed by atoms with Crippen LogP contribution in [0.1, 0.15) is 33.1 Å². The zero-order valence-electron chi connectivity index (χ0n) is 19.3. The molecule has 3 heterocycles. The van der Waals surface area contributed by atoms with Gasteiger partial charge in [0.05, 0.1) is 12.5 Å². The van der Waals surface area contributed by atoms with Crippen LogP contribution in [0.15, 0.2) is 85.3 Å². The van der Waals surface area contributed by atoms with Gasteiger partial charge >= 0.3 is 0 Å². The van der Waals surface area contributed by atoms with Gasteiger partial charge < -0.3 is 10.6 Å². The van der Waals surface area contributed by atoms with E-state index in [1.165, 1.54) is 24.5 Å². The molecule has 6 rings (SSSR count). The lowest BCUT2D eigenvalue weighted by Crippen LogP contribution is -2.21. The van der Waals surface area contributed by atoms with Crippen molar-refractivity contribution in [2.45, 2.75) is 12.5 Å². The largest absolute Gasteiger partial charge is 0.341 e. The second-order valence-electron chi connectivity index (χ2n) is 8.75. The Bertz CT molecular complexity index is 1690. The summed E-state index contributed by atoms with van der Waals surface area (Å²) in [5.41, 5.74) is 4.76. The van der Waals surface area contributed by atoms with Gasteiger partial charge in [-0.2, -0.15) is 5.10 Å². The lowest BCUT2D eigenvalue weighted by atomic mass is 9.93. The van der Waals surface area contributed by atoms with E-state index >= 15 is 0 Å². The number of amides is 2. The van der Waals surface area contributed by atoms with Crippen LogP contribution in [0.4, 0.5) is 10.1 Å². The molecule has 3 aromatic carbocycles. The number of hydrogen-bond donors (Lipinski definition) is 2. The van der Waals surface area contributed by atoms with Crippen LogP contribution in [0.25, 0.3) is 16.8 Å². The van der Waals surface area contributed by atoms with Gasteiger partial charge in [-0.25, -0.2) is 13.9 Å². The van der Waals surface area contributed by atoms with Crippen LogP contribution in [-0.2, 0) is 11.2 Å². The third-order valence-corrected chi connectivity index (χ3v) is 6.69. The van der Waals surface area contributed by atoms with Gasteiger partial charge in [0.15, 0.2) is 5.65 Å². The summed E-state index contributed by atoms with van der Waals surface area (Å²) in [7, 11) is 0. The van der Waals surface area contributed by atoms with Crippen molar-refractivity contribution in [2.24, 2.45) is 0 Å². The summed E-state index contributed by atoms with van der Waals surface area (Å²) >= 11 is 6.41. The van der Waals surface area contributed by atoms with Crippen LogP contribution in [0.2, 0.25) is 5.02 Å². The average Bonchev–Trinajstić information content (AvgIpc) is 3.50. The zero-order valence-corrected chi connectivity index (χ0v) is 20.0. The van der Waals surface area contributed by atoms with Crippen LogP contribution in [0.3, 0.4) is 0 Å². The van der Waals surface area contributed by atoms with Gasteiger partial charge in [0.25, 0.3) is 5.91 Å². The third-order valence-electron chi connectivity index (χ3n) is 6.35. The quantitative estimate of drug-likeness (QED) is 0.339. The first-order chi connectivity index (χ1) is 18.0. The van der Waals surface area contributed by atoms with Crippen molar-refractivity contribution in [2.75, 3.05) is 5.32 Å². The highest BCUT2D eigenvalue weighted by Crippen LogP contribution is 2.41. The molecule has 2 aromatic heterocycles. The van der Waals surface area contributed by atoms with Crippen LogP contribution in [0.5, 0.6) is 0 Å². The number of fused-ring (bicyclic) bond motifs is 2. The molecule has 2 N–H and O–H groups in total. The Kier molecular flexibility index (Phi) is 5.65. The number of halogens is 2. The fraction of sp³-hybridized carbons (Fsp3) is 0.0714. The first kappa shape index (κ1) is 22.9. The van der Waals surface area contributed by atoms with Crippen LogP contribution < -0.4 is 10.6 Å². The number of nitrogens with one attached hydrogen (secondary N) is 2. The number of anilines is 1. The summed E-state index contributed by atoms with van der Waals surface area (Å²) in [5.74, 6) is -1.07. The molecule has 2 amide bonds.